The minimum absolute atomic E-state index is 0.274. The summed E-state index contributed by atoms with van der Waals surface area (Å²) in [7, 11) is 0. The molecule has 0 saturated heterocycles. The molecule has 2 rings (SSSR count). The van der Waals surface area contributed by atoms with Crippen molar-refractivity contribution >= 4 is 0 Å². The highest BCUT2D eigenvalue weighted by atomic mass is 16.5. The first-order valence-corrected chi connectivity index (χ1v) is 5.09. The van der Waals surface area contributed by atoms with Crippen LogP contribution in [-0.2, 0) is 6.42 Å². The monoisotopic (exact) mass is 216 g/mol. The summed E-state index contributed by atoms with van der Waals surface area (Å²) in [5.41, 5.74) is 0.916. The quantitative estimate of drug-likeness (QED) is 0.855. The SMILES string of the molecule is CCc1cccc(Oc2cn[nH]c(=O)c2)c1. The van der Waals surface area contributed by atoms with Crippen LogP contribution in [0.15, 0.2) is 41.3 Å². The third-order valence-electron chi connectivity index (χ3n) is 2.18. The van der Waals surface area contributed by atoms with Gasteiger partial charge in [-0.05, 0) is 24.1 Å². The van der Waals surface area contributed by atoms with Crippen LogP contribution in [0.25, 0.3) is 0 Å². The molecule has 2 aromatic rings. The third kappa shape index (κ3) is 2.48. The van der Waals surface area contributed by atoms with E-state index in [-0.39, 0.29) is 5.56 Å². The van der Waals surface area contributed by atoms with Crippen molar-refractivity contribution in [2.75, 3.05) is 0 Å². The van der Waals surface area contributed by atoms with E-state index in [0.717, 1.165) is 6.42 Å². The highest BCUT2D eigenvalue weighted by Gasteiger charge is 1.99. The number of ether oxygens (including phenoxy) is 1. The van der Waals surface area contributed by atoms with Crippen LogP contribution in [0.3, 0.4) is 0 Å². The lowest BCUT2D eigenvalue weighted by Gasteiger charge is -2.05. The van der Waals surface area contributed by atoms with E-state index in [4.69, 9.17) is 4.74 Å². The van der Waals surface area contributed by atoms with Crippen LogP contribution in [0.1, 0.15) is 12.5 Å². The average molecular weight is 216 g/mol. The van der Waals surface area contributed by atoms with Crippen molar-refractivity contribution in [3.63, 3.8) is 0 Å². The van der Waals surface area contributed by atoms with Crippen molar-refractivity contribution in [1.82, 2.24) is 10.2 Å². The molecule has 16 heavy (non-hydrogen) atoms. The molecular weight excluding hydrogens is 204 g/mol. The zero-order valence-electron chi connectivity index (χ0n) is 8.93. The first-order chi connectivity index (χ1) is 7.78. The van der Waals surface area contributed by atoms with Crippen LogP contribution in [-0.4, -0.2) is 10.2 Å². The zero-order valence-corrected chi connectivity index (χ0v) is 8.93. The number of aromatic nitrogens is 2. The van der Waals surface area contributed by atoms with Gasteiger partial charge in [0.15, 0.2) is 5.75 Å². The Bertz CT molecular complexity index is 534. The number of hydrogen-bond donors (Lipinski definition) is 1. The number of aryl methyl sites for hydroxylation is 1. The summed E-state index contributed by atoms with van der Waals surface area (Å²) < 4.78 is 5.52. The molecule has 1 aromatic carbocycles. The Morgan fingerprint density at radius 1 is 1.31 bits per heavy atom. The van der Waals surface area contributed by atoms with Gasteiger partial charge in [-0.25, -0.2) is 5.10 Å². The van der Waals surface area contributed by atoms with Crippen LogP contribution in [0.4, 0.5) is 0 Å². The number of nitrogens with one attached hydrogen (secondary N) is 1. The van der Waals surface area contributed by atoms with Gasteiger partial charge in [0.25, 0.3) is 5.56 Å². The van der Waals surface area contributed by atoms with Gasteiger partial charge < -0.3 is 4.74 Å². The number of rotatable bonds is 3. The van der Waals surface area contributed by atoms with Gasteiger partial charge in [-0.1, -0.05) is 19.1 Å². The van der Waals surface area contributed by atoms with E-state index in [1.54, 1.807) is 0 Å². The lowest BCUT2D eigenvalue weighted by molar-refractivity contribution is 0.477. The summed E-state index contributed by atoms with van der Waals surface area (Å²) in [6.07, 6.45) is 2.42. The first-order valence-electron chi connectivity index (χ1n) is 5.09. The highest BCUT2D eigenvalue weighted by Crippen LogP contribution is 2.20. The van der Waals surface area contributed by atoms with E-state index in [9.17, 15) is 4.79 Å². The van der Waals surface area contributed by atoms with Crippen LogP contribution < -0.4 is 10.3 Å². The van der Waals surface area contributed by atoms with Gasteiger partial charge in [-0.15, -0.1) is 0 Å². The van der Waals surface area contributed by atoms with E-state index in [1.165, 1.54) is 17.8 Å². The largest absolute Gasteiger partial charge is 0.455 e. The molecule has 0 radical (unpaired) electrons. The standard InChI is InChI=1S/C12H12N2O2/c1-2-9-4-3-5-10(6-9)16-11-7-12(15)14-13-8-11/h3-8H,2H2,1H3,(H,14,15). The molecule has 0 fully saturated rings. The fraction of sp³-hybridized carbons (Fsp3) is 0.167. The maximum atomic E-state index is 11.0. The molecule has 0 unspecified atom stereocenters. The summed E-state index contributed by atoms with van der Waals surface area (Å²) in [5.74, 6) is 1.16. The van der Waals surface area contributed by atoms with E-state index >= 15 is 0 Å². The second-order valence-corrected chi connectivity index (χ2v) is 3.38. The third-order valence-corrected chi connectivity index (χ3v) is 2.18. The van der Waals surface area contributed by atoms with Crippen LogP contribution in [0, 0.1) is 0 Å². The molecule has 1 heterocycles. The van der Waals surface area contributed by atoms with Crippen molar-refractivity contribution in [3.05, 3.63) is 52.4 Å². The van der Waals surface area contributed by atoms with E-state index in [1.807, 2.05) is 24.3 Å². The minimum Gasteiger partial charge on any atom is -0.455 e. The molecule has 1 N–H and O–H groups in total. The molecule has 4 heteroatoms. The molecule has 0 aliphatic heterocycles. The summed E-state index contributed by atoms with van der Waals surface area (Å²) in [4.78, 5) is 11.0. The summed E-state index contributed by atoms with van der Waals surface area (Å²) in [6.45, 7) is 2.08. The van der Waals surface area contributed by atoms with E-state index in [2.05, 4.69) is 17.1 Å². The van der Waals surface area contributed by atoms with Gasteiger partial charge in [0.2, 0.25) is 0 Å². The Hall–Kier alpha value is -2.10. The number of aromatic amines is 1. The van der Waals surface area contributed by atoms with E-state index < -0.39 is 0 Å². The minimum atomic E-state index is -0.274. The molecule has 1 aromatic heterocycles. The summed E-state index contributed by atoms with van der Waals surface area (Å²) >= 11 is 0. The van der Waals surface area contributed by atoms with Gasteiger partial charge >= 0.3 is 0 Å². The molecule has 0 bridgehead atoms. The fourth-order valence-corrected chi connectivity index (χ4v) is 1.38. The number of hydrogen-bond acceptors (Lipinski definition) is 3. The lowest BCUT2D eigenvalue weighted by Crippen LogP contribution is -2.05. The molecule has 0 aliphatic rings. The average Bonchev–Trinajstić information content (AvgIpc) is 2.29. The summed E-state index contributed by atoms with van der Waals surface area (Å²) in [5, 5.41) is 5.95. The van der Waals surface area contributed by atoms with Gasteiger partial charge in [-0.2, -0.15) is 5.10 Å². The van der Waals surface area contributed by atoms with Crippen molar-refractivity contribution in [1.29, 1.82) is 0 Å². The molecule has 0 spiro atoms. The molecule has 82 valence electrons. The molecule has 0 aliphatic carbocycles. The Labute approximate surface area is 92.9 Å². The molecule has 4 nitrogen and oxygen atoms in total. The van der Waals surface area contributed by atoms with Crippen molar-refractivity contribution in [2.24, 2.45) is 0 Å². The number of nitrogens with zero attached hydrogens (tertiary/aromatic N) is 1. The summed E-state index contributed by atoms with van der Waals surface area (Å²) in [6, 6.07) is 9.12. The molecule has 0 atom stereocenters. The number of H-pyrrole nitrogens is 1. The Kier molecular flexibility index (Phi) is 3.00. The maximum Gasteiger partial charge on any atom is 0.267 e. The Balaban J connectivity index is 2.23. The molecule has 0 saturated carbocycles. The Morgan fingerprint density at radius 3 is 2.94 bits per heavy atom. The predicted molar refractivity (Wildman–Crippen MR) is 60.8 cm³/mol. The van der Waals surface area contributed by atoms with Crippen LogP contribution in [0.2, 0.25) is 0 Å². The highest BCUT2D eigenvalue weighted by molar-refractivity contribution is 5.32. The predicted octanol–water partition coefficient (Wildman–Crippen LogP) is 2.12. The van der Waals surface area contributed by atoms with Crippen LogP contribution >= 0.6 is 0 Å². The lowest BCUT2D eigenvalue weighted by atomic mass is 10.2. The topological polar surface area (TPSA) is 55.0 Å². The van der Waals surface area contributed by atoms with Gasteiger partial charge in [0.1, 0.15) is 5.75 Å². The zero-order chi connectivity index (χ0) is 11.4. The molecular formula is C12H12N2O2. The van der Waals surface area contributed by atoms with Crippen LogP contribution in [0.5, 0.6) is 11.5 Å². The van der Waals surface area contributed by atoms with E-state index in [0.29, 0.717) is 11.5 Å². The fourth-order valence-electron chi connectivity index (χ4n) is 1.38. The normalized spacial score (nSPS) is 10.1. The van der Waals surface area contributed by atoms with Crippen molar-refractivity contribution < 1.29 is 4.74 Å². The second-order valence-electron chi connectivity index (χ2n) is 3.38. The van der Waals surface area contributed by atoms with Gasteiger partial charge in [0.05, 0.1) is 6.20 Å². The van der Waals surface area contributed by atoms with Crippen molar-refractivity contribution in [2.45, 2.75) is 13.3 Å². The van der Waals surface area contributed by atoms with Gasteiger partial charge in [0, 0.05) is 6.07 Å². The van der Waals surface area contributed by atoms with Crippen molar-refractivity contribution in [3.8, 4) is 11.5 Å². The Morgan fingerprint density at radius 2 is 2.19 bits per heavy atom. The smallest absolute Gasteiger partial charge is 0.267 e. The maximum absolute atomic E-state index is 11.0. The van der Waals surface area contributed by atoms with Gasteiger partial charge in [-0.3, -0.25) is 4.79 Å². The first kappa shape index (κ1) is 10.4. The molecule has 0 amide bonds. The number of benzene rings is 1. The second kappa shape index (κ2) is 4.61.